The summed E-state index contributed by atoms with van der Waals surface area (Å²) in [5.74, 6) is 0.627. The van der Waals surface area contributed by atoms with Gasteiger partial charge in [0.2, 0.25) is 0 Å². The maximum absolute atomic E-state index is 13.0. The average Bonchev–Trinajstić information content (AvgIpc) is 3.44. The zero-order chi connectivity index (χ0) is 20.0. The quantitative estimate of drug-likeness (QED) is 0.597. The summed E-state index contributed by atoms with van der Waals surface area (Å²) in [6, 6.07) is 7.97. The highest BCUT2D eigenvalue weighted by Crippen LogP contribution is 2.44. The number of benzene rings is 1. The van der Waals surface area contributed by atoms with E-state index in [4.69, 9.17) is 4.74 Å². The molecule has 1 saturated carbocycles. The van der Waals surface area contributed by atoms with Gasteiger partial charge < -0.3 is 4.74 Å². The van der Waals surface area contributed by atoms with Crippen molar-refractivity contribution in [1.82, 2.24) is 14.9 Å². The molecule has 0 N–H and O–H groups in total. The van der Waals surface area contributed by atoms with Crippen LogP contribution in [0.15, 0.2) is 36.7 Å². The van der Waals surface area contributed by atoms with Gasteiger partial charge in [-0.3, -0.25) is 9.88 Å². The lowest BCUT2D eigenvalue weighted by Gasteiger charge is -2.33. The van der Waals surface area contributed by atoms with Gasteiger partial charge in [-0.15, -0.1) is 11.3 Å². The van der Waals surface area contributed by atoms with Gasteiger partial charge in [0.05, 0.1) is 22.0 Å². The first-order chi connectivity index (χ1) is 14.0. The highest BCUT2D eigenvalue weighted by molar-refractivity contribution is 7.15. The number of ether oxygens (including phenoxy) is 1. The molecule has 2 fully saturated rings. The molecule has 8 heteroatoms. The third-order valence-electron chi connectivity index (χ3n) is 5.44. The molecule has 1 saturated heterocycles. The van der Waals surface area contributed by atoms with Crippen LogP contribution in [-0.4, -0.2) is 46.8 Å². The van der Waals surface area contributed by atoms with E-state index in [2.05, 4.69) is 9.97 Å². The molecule has 2 aromatic heterocycles. The summed E-state index contributed by atoms with van der Waals surface area (Å²) in [5, 5.41) is 2.24. The number of rotatable bonds is 4. The van der Waals surface area contributed by atoms with Crippen molar-refractivity contribution >= 4 is 22.2 Å². The predicted molar refractivity (Wildman–Crippen MR) is 106 cm³/mol. The molecule has 2 aliphatic rings. The van der Waals surface area contributed by atoms with Gasteiger partial charge in [-0.05, 0) is 30.5 Å². The Labute approximate surface area is 170 Å². The zero-order valence-electron chi connectivity index (χ0n) is 15.7. The van der Waals surface area contributed by atoms with Gasteiger partial charge in [0.1, 0.15) is 0 Å². The van der Waals surface area contributed by atoms with E-state index in [0.717, 1.165) is 26.9 Å². The van der Waals surface area contributed by atoms with Gasteiger partial charge >= 0.3 is 6.18 Å². The fourth-order valence-electron chi connectivity index (χ4n) is 3.74. The van der Waals surface area contributed by atoms with Crippen LogP contribution in [0.3, 0.4) is 0 Å². The van der Waals surface area contributed by atoms with Crippen molar-refractivity contribution in [2.24, 2.45) is 0 Å². The Kier molecular flexibility index (Phi) is 4.80. The van der Waals surface area contributed by atoms with E-state index in [1.54, 1.807) is 22.4 Å². The van der Waals surface area contributed by atoms with E-state index in [9.17, 15) is 13.2 Å². The van der Waals surface area contributed by atoms with Crippen molar-refractivity contribution in [2.75, 3.05) is 19.7 Å². The van der Waals surface area contributed by atoms with Crippen LogP contribution in [0.1, 0.15) is 29.3 Å². The molecule has 0 radical (unpaired) electrons. The third kappa shape index (κ3) is 4.01. The number of alkyl halides is 3. The monoisotopic (exact) mass is 419 g/mol. The first-order valence-electron chi connectivity index (χ1n) is 9.72. The number of thiazole rings is 1. The lowest BCUT2D eigenvalue weighted by Crippen LogP contribution is -2.48. The van der Waals surface area contributed by atoms with E-state index >= 15 is 0 Å². The fraction of sp³-hybridized carbons (Fsp3) is 0.429. The molecule has 29 heavy (non-hydrogen) atoms. The maximum Gasteiger partial charge on any atom is 0.415 e. The standard InChI is InChI=1S/C21H20F3N3OS/c22-21(23,24)19-12-27(7-8-28-19)11-13-1-4-15-16(5-6-25-17(15)9-13)18-10-26-20(29-18)14-2-3-14/h1,4-6,9-10,14,19H,2-3,7-8,11-12H2. The van der Waals surface area contributed by atoms with Gasteiger partial charge in [-0.25, -0.2) is 4.98 Å². The first kappa shape index (κ1) is 19.0. The average molecular weight is 419 g/mol. The minimum atomic E-state index is -4.33. The number of hydrogen-bond donors (Lipinski definition) is 0. The van der Waals surface area contributed by atoms with Crippen LogP contribution in [0.25, 0.3) is 21.3 Å². The zero-order valence-corrected chi connectivity index (χ0v) is 16.5. The number of aromatic nitrogens is 2. The summed E-state index contributed by atoms with van der Waals surface area (Å²) >= 11 is 1.74. The van der Waals surface area contributed by atoms with Gasteiger partial charge in [-0.1, -0.05) is 12.1 Å². The van der Waals surface area contributed by atoms with Crippen LogP contribution in [0.5, 0.6) is 0 Å². The number of morpholine rings is 1. The lowest BCUT2D eigenvalue weighted by atomic mass is 10.1. The fourth-order valence-corrected chi connectivity index (χ4v) is 4.87. The predicted octanol–water partition coefficient (Wildman–Crippen LogP) is 5.00. The van der Waals surface area contributed by atoms with Gasteiger partial charge in [0.25, 0.3) is 0 Å². The van der Waals surface area contributed by atoms with Gasteiger partial charge in [-0.2, -0.15) is 13.2 Å². The van der Waals surface area contributed by atoms with E-state index in [-0.39, 0.29) is 13.2 Å². The number of nitrogens with zero attached hydrogens (tertiary/aromatic N) is 3. The lowest BCUT2D eigenvalue weighted by molar-refractivity contribution is -0.237. The Balaban J connectivity index is 1.38. The summed E-state index contributed by atoms with van der Waals surface area (Å²) < 4.78 is 43.8. The van der Waals surface area contributed by atoms with Crippen molar-refractivity contribution in [2.45, 2.75) is 37.6 Å². The molecule has 0 spiro atoms. The van der Waals surface area contributed by atoms with Gasteiger partial charge in [0, 0.05) is 48.9 Å². The Morgan fingerprint density at radius 1 is 1.17 bits per heavy atom. The molecule has 3 heterocycles. The normalized spacial score (nSPS) is 21.0. The Morgan fingerprint density at radius 3 is 2.83 bits per heavy atom. The van der Waals surface area contributed by atoms with Crippen molar-refractivity contribution in [1.29, 1.82) is 0 Å². The number of pyridine rings is 1. The molecular formula is C21H20F3N3OS. The molecule has 3 aromatic rings. The van der Waals surface area contributed by atoms with Crippen LogP contribution in [-0.2, 0) is 11.3 Å². The van der Waals surface area contributed by atoms with E-state index in [1.807, 2.05) is 30.5 Å². The van der Waals surface area contributed by atoms with Crippen LogP contribution >= 0.6 is 11.3 Å². The number of halogens is 3. The van der Waals surface area contributed by atoms with Crippen molar-refractivity contribution in [3.63, 3.8) is 0 Å². The highest BCUT2D eigenvalue weighted by atomic mass is 32.1. The second-order valence-corrected chi connectivity index (χ2v) is 8.75. The molecule has 5 rings (SSSR count). The molecule has 152 valence electrons. The van der Waals surface area contributed by atoms with Crippen LogP contribution in [0.2, 0.25) is 0 Å². The van der Waals surface area contributed by atoms with E-state index in [0.29, 0.717) is 19.0 Å². The van der Waals surface area contributed by atoms with Gasteiger partial charge in [0.15, 0.2) is 6.10 Å². The molecule has 1 aliphatic carbocycles. The summed E-state index contributed by atoms with van der Waals surface area (Å²) in [7, 11) is 0. The highest BCUT2D eigenvalue weighted by Gasteiger charge is 2.43. The number of hydrogen-bond acceptors (Lipinski definition) is 5. The minimum absolute atomic E-state index is 0.0921. The van der Waals surface area contributed by atoms with E-state index < -0.39 is 12.3 Å². The van der Waals surface area contributed by atoms with E-state index in [1.165, 1.54) is 17.8 Å². The molecule has 0 amide bonds. The molecular weight excluding hydrogens is 399 g/mol. The molecule has 1 aliphatic heterocycles. The topological polar surface area (TPSA) is 38.2 Å². The van der Waals surface area contributed by atoms with Crippen LogP contribution in [0, 0.1) is 0 Å². The maximum atomic E-state index is 13.0. The minimum Gasteiger partial charge on any atom is -0.366 e. The number of fused-ring (bicyclic) bond motifs is 1. The molecule has 1 unspecified atom stereocenters. The summed E-state index contributed by atoms with van der Waals surface area (Å²) in [4.78, 5) is 12.0. The SMILES string of the molecule is FC(F)(F)C1CN(Cc2ccc3c(-c4cnc(C5CC5)s4)ccnc3c2)CCO1. The Morgan fingerprint density at radius 2 is 2.03 bits per heavy atom. The molecule has 1 atom stereocenters. The second-order valence-electron chi connectivity index (χ2n) is 7.68. The second kappa shape index (κ2) is 7.34. The third-order valence-corrected chi connectivity index (χ3v) is 6.64. The Bertz CT molecular complexity index is 1030. The van der Waals surface area contributed by atoms with Crippen molar-refractivity contribution in [3.05, 3.63) is 47.2 Å². The summed E-state index contributed by atoms with van der Waals surface area (Å²) in [6.45, 7) is 0.891. The largest absolute Gasteiger partial charge is 0.415 e. The smallest absolute Gasteiger partial charge is 0.366 e. The first-order valence-corrected chi connectivity index (χ1v) is 10.5. The van der Waals surface area contributed by atoms with Crippen LogP contribution in [0.4, 0.5) is 13.2 Å². The molecule has 0 bridgehead atoms. The van der Waals surface area contributed by atoms with Crippen molar-refractivity contribution < 1.29 is 17.9 Å². The van der Waals surface area contributed by atoms with Crippen molar-refractivity contribution in [3.8, 4) is 10.4 Å². The Hall–Kier alpha value is -2.03. The van der Waals surface area contributed by atoms with Crippen LogP contribution < -0.4 is 0 Å². The summed E-state index contributed by atoms with van der Waals surface area (Å²) in [6.07, 6.45) is 0.132. The molecule has 1 aromatic carbocycles. The summed E-state index contributed by atoms with van der Waals surface area (Å²) in [5.41, 5.74) is 2.91. The molecule has 4 nitrogen and oxygen atoms in total.